The fourth-order valence-electron chi connectivity index (χ4n) is 18.3. The number of carbonyl (C=O) groups is 5. The van der Waals surface area contributed by atoms with Crippen LogP contribution in [-0.4, -0.2) is 232 Å². The molecule has 31 atom stereocenters. The first-order chi connectivity index (χ1) is 66.3. The molecule has 0 spiro atoms. The number of esters is 2. The number of fused-ring (bicyclic) bond motifs is 1. The summed E-state index contributed by atoms with van der Waals surface area (Å²) in [7, 11) is 0. The van der Waals surface area contributed by atoms with Crippen molar-refractivity contribution in [2.45, 2.75) is 284 Å². The maximum absolute atomic E-state index is 15.3. The van der Waals surface area contributed by atoms with Crippen LogP contribution in [0.2, 0.25) is 0 Å². The largest absolute Gasteiger partial charge is 0.457 e. The second kappa shape index (κ2) is 52.6. The zero-order chi connectivity index (χ0) is 98.2. The lowest BCUT2D eigenvalue weighted by Crippen LogP contribution is -2.71. The molecule has 6 aromatic rings. The number of hydrogen-bond donors (Lipinski definition) is 3. The summed E-state index contributed by atoms with van der Waals surface area (Å²) in [6.07, 6.45) is -27.5. The molecule has 31 nitrogen and oxygen atoms in total. The van der Waals surface area contributed by atoms with Gasteiger partial charge in [0.2, 0.25) is 7.59 Å². The van der Waals surface area contributed by atoms with Crippen LogP contribution in [0.25, 0.3) is 0 Å². The van der Waals surface area contributed by atoms with Crippen LogP contribution in [0, 0.1) is 41.4 Å². The third kappa shape index (κ3) is 30.8. The van der Waals surface area contributed by atoms with E-state index < -0.39 is 222 Å². The number of nitrogens with one attached hydrogen (secondary N) is 3. The zero-order valence-corrected chi connectivity index (χ0v) is 83.8. The lowest BCUT2D eigenvalue weighted by molar-refractivity contribution is -0.394. The van der Waals surface area contributed by atoms with E-state index in [1.54, 1.807) is 0 Å². The fourth-order valence-corrected chi connectivity index (χ4v) is 18.7. The van der Waals surface area contributed by atoms with Gasteiger partial charge in [-0.15, -0.1) is 0 Å². The first-order valence-electron chi connectivity index (χ1n) is 47.3. The van der Waals surface area contributed by atoms with Gasteiger partial charge >= 0.3 is 30.2 Å². The summed E-state index contributed by atoms with van der Waals surface area (Å²) in [5.74, 6) is -4.69. The second-order valence-corrected chi connectivity index (χ2v) is 41.1. The van der Waals surface area contributed by atoms with Crippen molar-refractivity contribution < 1.29 is 133 Å². The van der Waals surface area contributed by atoms with Crippen molar-refractivity contribution in [2.75, 3.05) is 52.8 Å². The van der Waals surface area contributed by atoms with E-state index >= 15 is 4.79 Å². The van der Waals surface area contributed by atoms with Gasteiger partial charge < -0.3 is 125 Å². The number of carbonyl (C=O) groups excluding carboxylic acids is 5. The molecule has 0 aromatic heterocycles. The van der Waals surface area contributed by atoms with Gasteiger partial charge in [0, 0.05) is 49.6 Å². The highest BCUT2D eigenvalue weighted by Crippen LogP contribution is 2.47. The molecule has 7 aliphatic heterocycles. The zero-order valence-electron chi connectivity index (χ0n) is 79.2. The van der Waals surface area contributed by atoms with E-state index in [4.69, 9.17) is 179 Å². The van der Waals surface area contributed by atoms with Crippen LogP contribution in [0.3, 0.4) is 0 Å². The van der Waals surface area contributed by atoms with Gasteiger partial charge in [0.15, 0.2) is 56.2 Å². The fraction of sp³-hybridized carbons (Fsp3) is 0.594. The molecule has 13 rings (SSSR count). The number of ether oxygens (including phenoxy) is 23. The second-order valence-electron chi connectivity index (χ2n) is 36.1. The third-order valence-electron chi connectivity index (χ3n) is 26.3. The van der Waals surface area contributed by atoms with E-state index in [1.165, 1.54) is 13.8 Å². The molecule has 7 aliphatic rings. The van der Waals surface area contributed by atoms with E-state index in [9.17, 15) is 19.2 Å². The van der Waals surface area contributed by atoms with Gasteiger partial charge in [-0.3, -0.25) is 9.59 Å². The Morgan fingerprint density at radius 3 is 1.27 bits per heavy atom. The van der Waals surface area contributed by atoms with Gasteiger partial charge in [0.1, 0.15) is 80.7 Å². The van der Waals surface area contributed by atoms with Crippen LogP contribution < -0.4 is 16.0 Å². The average molecular weight is 2050 g/mol. The Morgan fingerprint density at radius 1 is 0.362 bits per heavy atom. The molecule has 0 saturated carbocycles. The average Bonchev–Trinajstić information content (AvgIpc) is 0.749. The van der Waals surface area contributed by atoms with Gasteiger partial charge in [0.05, 0.1) is 90.0 Å². The van der Waals surface area contributed by atoms with E-state index in [2.05, 4.69) is 16.0 Å². The summed E-state index contributed by atoms with van der Waals surface area (Å²) >= 11 is 38.1. The molecular weight excluding hydrogens is 1920 g/mol. The molecule has 758 valence electrons. The maximum Gasteiger partial charge on any atom is 0.407 e. The van der Waals surface area contributed by atoms with Gasteiger partial charge in [-0.25, -0.2) is 14.4 Å². The molecule has 7 heterocycles. The van der Waals surface area contributed by atoms with Crippen molar-refractivity contribution in [2.24, 2.45) is 41.4 Å². The Hall–Kier alpha value is -6.91. The molecule has 3 N–H and O–H groups in total. The monoisotopic (exact) mass is 2040 g/mol. The number of rotatable bonds is 41. The molecule has 37 heteroatoms. The summed E-state index contributed by atoms with van der Waals surface area (Å²) in [5, 5.41) is 8.82. The standard InChI is InChI=1S/C101H129Cl6N3O28/c1-12-73-58(3)60(5)83(125-65(10)111)95(128-73)137-88-79(109-98(114)123-56-100(102,103)104)92(132-78-55-121-91(136-86(78)88)72-43-30-19-31-44-72)133-81-62(7)63(8)90(130-76(81)53-117-48-68-35-22-15-23-36-68)135-85-77(54-118-49-69-37-24-16-25-38-69)131-93(80(110-99(115)124-57-101(105,106)107)87(85)138-96-84(126-66(11)112)61(6)59(4)75(129-96)52-116-47-67-33-20-14-21-34-67)134-82-64(9)74(13-2)127-94(89(82)120-50-70-39-26-17-27-40-70)119-46-32-45-108-97(113)122-51-71-41-28-18-29-42-71/h14-31,33-44,58-64,73-96H,12-13,32,45-57H2,1-11H3,(H,108,113)(H,109,114)(H,110,115)/t58-,59-,60-,61-,62+,63?,64+,73?,74?,75?,76?,77?,78?,79?,80?,81-,82-,83?,84?,85+,86-,87+,88+,89?,90+,91?,92-,93-,94-,95-,96-/m0/s1. The van der Waals surface area contributed by atoms with Crippen LogP contribution in [0.15, 0.2) is 182 Å². The van der Waals surface area contributed by atoms with Crippen molar-refractivity contribution in [3.05, 3.63) is 215 Å². The Bertz CT molecular complexity index is 4680. The first-order valence-corrected chi connectivity index (χ1v) is 49.6. The number of amides is 3. The molecule has 7 saturated heterocycles. The van der Waals surface area contributed by atoms with Crippen molar-refractivity contribution in [1.82, 2.24) is 16.0 Å². The summed E-state index contributed by atoms with van der Waals surface area (Å²) < 4.78 is 154. The van der Waals surface area contributed by atoms with Gasteiger partial charge in [0.25, 0.3) is 0 Å². The molecule has 138 heavy (non-hydrogen) atoms. The highest BCUT2D eigenvalue weighted by Gasteiger charge is 2.61. The Kier molecular flexibility index (Phi) is 41.3. The van der Waals surface area contributed by atoms with Crippen LogP contribution in [0.1, 0.15) is 135 Å². The molecule has 3 amide bonds. The lowest BCUT2D eigenvalue weighted by Gasteiger charge is -2.54. The first kappa shape index (κ1) is 108. The quantitative estimate of drug-likeness (QED) is 0.0139. The molecular formula is C101H129Cl6N3O28. The summed E-state index contributed by atoms with van der Waals surface area (Å²) in [5.41, 5.74) is 4.76. The predicted molar refractivity (Wildman–Crippen MR) is 508 cm³/mol. The maximum atomic E-state index is 15.3. The molecule has 13 unspecified atom stereocenters. The summed E-state index contributed by atoms with van der Waals surface area (Å²) in [6.45, 7) is 18.7. The molecule has 7 fully saturated rings. The summed E-state index contributed by atoms with van der Waals surface area (Å²) in [6, 6.07) is 53.5. The lowest BCUT2D eigenvalue weighted by atomic mass is 9.82. The number of halogens is 6. The number of alkyl carbamates (subject to hydrolysis) is 3. The smallest absolute Gasteiger partial charge is 0.407 e. The van der Waals surface area contributed by atoms with E-state index in [0.29, 0.717) is 24.8 Å². The van der Waals surface area contributed by atoms with Crippen LogP contribution in [0.5, 0.6) is 0 Å². The number of benzene rings is 6. The van der Waals surface area contributed by atoms with E-state index in [-0.39, 0.29) is 90.4 Å². The van der Waals surface area contributed by atoms with E-state index in [1.807, 2.05) is 244 Å². The van der Waals surface area contributed by atoms with Crippen molar-refractivity contribution in [3.8, 4) is 0 Å². The molecule has 0 radical (unpaired) electrons. The minimum atomic E-state index is -2.14. The predicted octanol–water partition coefficient (Wildman–Crippen LogP) is 17.0. The highest BCUT2D eigenvalue weighted by molar-refractivity contribution is 6.68. The normalized spacial score (nSPS) is 32.8. The Labute approximate surface area is 836 Å². The van der Waals surface area contributed by atoms with Crippen molar-refractivity contribution >= 4 is 99.8 Å². The van der Waals surface area contributed by atoms with Crippen LogP contribution >= 0.6 is 69.6 Å². The molecule has 0 aliphatic carbocycles. The SMILES string of the molecule is CCC1O[C@@H](O[C@@H]2C(NC(=O)OCC(Cl)(Cl)Cl)[C@H](O[C@@H]3C(COCc4ccccc4)O[C@H](O[C@@H]4C(COCc5ccccc5)O[C@@H](O[C@@H]5C(OCc6ccccc6)[C@@H](OCCCNC(=O)OCc6ccccc6)OC(CC)[C@H]5C)C(NC(=O)OCC(Cl)(Cl)Cl)[C@H]4O[C@@H]4OC(COCc5ccccc5)[C@@H](C)[C@H](C)C4OC(C)=O)C(C)[C@H]3C)OC3COC(c4ccccc4)O[C@@H]32)C(OC(C)=O)[C@@H](C)[C@@H]1C. The number of hydrogen-bond acceptors (Lipinski definition) is 28. The third-order valence-corrected chi connectivity index (χ3v) is 26.9. The van der Waals surface area contributed by atoms with Crippen molar-refractivity contribution in [1.29, 1.82) is 0 Å². The molecule has 6 aromatic carbocycles. The minimum Gasteiger partial charge on any atom is -0.457 e. The minimum absolute atomic E-state index is 0.0228. The van der Waals surface area contributed by atoms with Crippen molar-refractivity contribution in [3.63, 3.8) is 0 Å². The molecule has 0 bridgehead atoms. The topological polar surface area (TPSA) is 334 Å². The highest BCUT2D eigenvalue weighted by atomic mass is 35.6. The van der Waals surface area contributed by atoms with Gasteiger partial charge in [-0.05, 0) is 64.8 Å². The van der Waals surface area contributed by atoms with E-state index in [0.717, 1.165) is 27.8 Å². The number of alkyl halides is 6. The van der Waals surface area contributed by atoms with Gasteiger partial charge in [-0.2, -0.15) is 0 Å². The Balaban J connectivity index is 0.915. The van der Waals surface area contributed by atoms with Crippen LogP contribution in [-0.2, 0) is 152 Å². The van der Waals surface area contributed by atoms with Crippen LogP contribution in [0.4, 0.5) is 14.4 Å². The Morgan fingerprint density at radius 2 is 0.761 bits per heavy atom. The van der Waals surface area contributed by atoms with Gasteiger partial charge in [-0.1, -0.05) is 314 Å². The summed E-state index contributed by atoms with van der Waals surface area (Å²) in [4.78, 5) is 70.3.